The quantitative estimate of drug-likeness (QED) is 0.532. The number of nitrogens with zero attached hydrogens (tertiary/aromatic N) is 1. The maximum atomic E-state index is 4.27. The van der Waals surface area contributed by atoms with Crippen molar-refractivity contribution in [3.63, 3.8) is 0 Å². The van der Waals surface area contributed by atoms with Crippen molar-refractivity contribution in [3.8, 4) is 0 Å². The maximum absolute atomic E-state index is 4.27. The Bertz CT molecular complexity index is 125. The van der Waals surface area contributed by atoms with Crippen molar-refractivity contribution in [2.24, 2.45) is 4.99 Å². The number of hydrogen-bond acceptors (Lipinski definition) is 1. The van der Waals surface area contributed by atoms with Crippen molar-refractivity contribution >= 4 is 5.71 Å². The molecule has 10 heavy (non-hydrogen) atoms. The van der Waals surface area contributed by atoms with Gasteiger partial charge >= 0.3 is 0 Å². The van der Waals surface area contributed by atoms with Crippen LogP contribution in [0.5, 0.6) is 0 Å². The summed E-state index contributed by atoms with van der Waals surface area (Å²) >= 11 is 0. The van der Waals surface area contributed by atoms with Crippen LogP contribution in [0.3, 0.4) is 0 Å². The van der Waals surface area contributed by atoms with Gasteiger partial charge in [0.25, 0.3) is 0 Å². The van der Waals surface area contributed by atoms with Crippen molar-refractivity contribution in [1.29, 1.82) is 0 Å². The second-order valence-corrected chi connectivity index (χ2v) is 2.55. The highest BCUT2D eigenvalue weighted by atomic mass is 14.7. The van der Waals surface area contributed by atoms with E-state index in [0.29, 0.717) is 0 Å². The van der Waals surface area contributed by atoms with Crippen LogP contribution in [0, 0.1) is 0 Å². The molecule has 0 saturated carbocycles. The molecule has 0 amide bonds. The second kappa shape index (κ2) is 5.21. The van der Waals surface area contributed by atoms with Crippen LogP contribution in [0.2, 0.25) is 0 Å². The fourth-order valence-electron chi connectivity index (χ4n) is 0.403. The smallest absolute Gasteiger partial charge is 0.0256 e. The third-order valence-electron chi connectivity index (χ3n) is 1.57. The normalized spacial score (nSPS) is 14.0. The maximum Gasteiger partial charge on any atom is 0.0256 e. The molecule has 1 nitrogen and oxygen atoms in total. The lowest BCUT2D eigenvalue weighted by Gasteiger charge is -1.92. The average Bonchev–Trinajstić information content (AvgIpc) is 1.99. The molecule has 0 aromatic rings. The van der Waals surface area contributed by atoms with Gasteiger partial charge in [0, 0.05) is 11.9 Å². The lowest BCUT2D eigenvalue weighted by Crippen LogP contribution is -1.84. The molecule has 0 bridgehead atoms. The molecule has 0 aliphatic rings. The molecule has 0 heterocycles. The van der Waals surface area contributed by atoms with Crippen LogP contribution in [0.4, 0.5) is 0 Å². The first kappa shape index (κ1) is 9.41. The summed E-state index contributed by atoms with van der Waals surface area (Å²) in [5.74, 6) is 0. The minimum absolute atomic E-state index is 1.05. The van der Waals surface area contributed by atoms with Crippen molar-refractivity contribution in [2.45, 2.75) is 40.5 Å². The van der Waals surface area contributed by atoms with Gasteiger partial charge in [0.15, 0.2) is 0 Å². The number of hydrogen-bond donors (Lipinski definition) is 0. The summed E-state index contributed by atoms with van der Waals surface area (Å²) in [7, 11) is 0. The molecule has 0 atom stereocenters. The van der Waals surface area contributed by atoms with Crippen molar-refractivity contribution in [3.05, 3.63) is 11.8 Å². The van der Waals surface area contributed by atoms with Crippen molar-refractivity contribution < 1.29 is 0 Å². The van der Waals surface area contributed by atoms with Gasteiger partial charge in [-0.2, -0.15) is 0 Å². The summed E-state index contributed by atoms with van der Waals surface area (Å²) in [5.41, 5.74) is 2.54. The standard InChI is InChI=1S/C9H17N/c1-5-8(3)7-10-9(4)6-2/h7H,5-6H2,1-4H3/b8-7+,10-9?. The summed E-state index contributed by atoms with van der Waals surface area (Å²) in [5, 5.41) is 0. The fraction of sp³-hybridized carbons (Fsp3) is 0.667. The number of aliphatic imine (C=N–C) groups is 1. The molecule has 0 aliphatic carbocycles. The predicted octanol–water partition coefficient (Wildman–Crippen LogP) is 3.17. The molecule has 1 heteroatoms. The Kier molecular flexibility index (Phi) is 4.91. The molecule has 0 rings (SSSR count). The molecule has 0 aromatic heterocycles. The summed E-state index contributed by atoms with van der Waals surface area (Å²) in [4.78, 5) is 4.27. The van der Waals surface area contributed by atoms with E-state index < -0.39 is 0 Å². The highest BCUT2D eigenvalue weighted by Crippen LogP contribution is 1.98. The molecular weight excluding hydrogens is 122 g/mol. The SMILES string of the molecule is CCC(C)=N/C=C(\C)CC. The van der Waals surface area contributed by atoms with Gasteiger partial charge in [-0.05, 0) is 26.7 Å². The van der Waals surface area contributed by atoms with E-state index in [0.717, 1.165) is 12.8 Å². The molecule has 0 aliphatic heterocycles. The minimum Gasteiger partial charge on any atom is -0.266 e. The summed E-state index contributed by atoms with van der Waals surface area (Å²) in [6.45, 7) is 8.42. The van der Waals surface area contributed by atoms with E-state index in [-0.39, 0.29) is 0 Å². The van der Waals surface area contributed by atoms with Gasteiger partial charge in [-0.25, -0.2) is 0 Å². The topological polar surface area (TPSA) is 12.4 Å². The van der Waals surface area contributed by atoms with E-state index in [1.165, 1.54) is 11.3 Å². The zero-order chi connectivity index (χ0) is 7.98. The van der Waals surface area contributed by atoms with Crippen LogP contribution >= 0.6 is 0 Å². The third kappa shape index (κ3) is 4.30. The molecule has 0 fully saturated rings. The van der Waals surface area contributed by atoms with Gasteiger partial charge in [0.1, 0.15) is 0 Å². The Labute approximate surface area is 63.9 Å². The number of rotatable bonds is 3. The monoisotopic (exact) mass is 139 g/mol. The average molecular weight is 139 g/mol. The van der Waals surface area contributed by atoms with E-state index >= 15 is 0 Å². The van der Waals surface area contributed by atoms with Gasteiger partial charge < -0.3 is 0 Å². The second-order valence-electron chi connectivity index (χ2n) is 2.55. The molecule has 0 spiro atoms. The Morgan fingerprint density at radius 1 is 1.20 bits per heavy atom. The Morgan fingerprint density at radius 2 is 1.80 bits per heavy atom. The molecule has 0 radical (unpaired) electrons. The number of allylic oxidation sites excluding steroid dienone is 1. The highest BCUT2D eigenvalue weighted by molar-refractivity contribution is 5.82. The summed E-state index contributed by atoms with van der Waals surface area (Å²) < 4.78 is 0. The first-order valence-corrected chi connectivity index (χ1v) is 3.89. The molecule has 0 unspecified atom stereocenters. The van der Waals surface area contributed by atoms with Crippen LogP contribution < -0.4 is 0 Å². The molecule has 0 aromatic carbocycles. The fourth-order valence-corrected chi connectivity index (χ4v) is 0.403. The van der Waals surface area contributed by atoms with Crippen LogP contribution in [0.25, 0.3) is 0 Å². The first-order valence-electron chi connectivity index (χ1n) is 3.89. The Morgan fingerprint density at radius 3 is 2.20 bits per heavy atom. The van der Waals surface area contributed by atoms with Crippen molar-refractivity contribution in [1.82, 2.24) is 0 Å². The zero-order valence-corrected chi connectivity index (χ0v) is 7.44. The predicted molar refractivity (Wildman–Crippen MR) is 47.4 cm³/mol. The minimum atomic E-state index is 1.05. The Hall–Kier alpha value is -0.590. The largest absolute Gasteiger partial charge is 0.266 e. The Balaban J connectivity index is 3.91. The van der Waals surface area contributed by atoms with Gasteiger partial charge in [-0.15, -0.1) is 0 Å². The molecular formula is C9H17N. The van der Waals surface area contributed by atoms with E-state index in [2.05, 4.69) is 32.7 Å². The molecule has 0 saturated heterocycles. The van der Waals surface area contributed by atoms with E-state index in [1.54, 1.807) is 0 Å². The van der Waals surface area contributed by atoms with E-state index in [9.17, 15) is 0 Å². The first-order chi connectivity index (χ1) is 4.70. The zero-order valence-electron chi connectivity index (χ0n) is 7.44. The van der Waals surface area contributed by atoms with Gasteiger partial charge in [-0.1, -0.05) is 19.4 Å². The van der Waals surface area contributed by atoms with Crippen LogP contribution in [-0.2, 0) is 0 Å². The highest BCUT2D eigenvalue weighted by Gasteiger charge is 1.82. The third-order valence-corrected chi connectivity index (χ3v) is 1.57. The van der Waals surface area contributed by atoms with Gasteiger partial charge in [0.2, 0.25) is 0 Å². The van der Waals surface area contributed by atoms with Gasteiger partial charge in [0.05, 0.1) is 0 Å². The van der Waals surface area contributed by atoms with Crippen LogP contribution in [-0.4, -0.2) is 5.71 Å². The van der Waals surface area contributed by atoms with E-state index in [4.69, 9.17) is 0 Å². The summed E-state index contributed by atoms with van der Waals surface area (Å²) in [6, 6.07) is 0. The van der Waals surface area contributed by atoms with Crippen molar-refractivity contribution in [2.75, 3.05) is 0 Å². The van der Waals surface area contributed by atoms with E-state index in [1.807, 2.05) is 6.20 Å². The molecule has 58 valence electrons. The lowest BCUT2D eigenvalue weighted by molar-refractivity contribution is 1.08. The van der Waals surface area contributed by atoms with Crippen LogP contribution in [0.15, 0.2) is 16.8 Å². The molecule has 0 N–H and O–H groups in total. The lowest BCUT2D eigenvalue weighted by atomic mass is 10.2. The van der Waals surface area contributed by atoms with Gasteiger partial charge in [-0.3, -0.25) is 4.99 Å². The summed E-state index contributed by atoms with van der Waals surface area (Å²) in [6.07, 6.45) is 4.10. The van der Waals surface area contributed by atoms with Crippen LogP contribution in [0.1, 0.15) is 40.5 Å².